The lowest BCUT2D eigenvalue weighted by Gasteiger charge is -2.19. The monoisotopic (exact) mass is 465 g/mol. The van der Waals surface area contributed by atoms with E-state index in [1.807, 2.05) is 54.6 Å². The van der Waals surface area contributed by atoms with Gasteiger partial charge in [-0.3, -0.25) is 0 Å². The maximum absolute atomic E-state index is 11.9. The van der Waals surface area contributed by atoms with Crippen molar-refractivity contribution >= 4 is 5.97 Å². The Morgan fingerprint density at radius 2 is 1.63 bits per heavy atom. The summed E-state index contributed by atoms with van der Waals surface area (Å²) in [6.45, 7) is 0. The minimum atomic E-state index is -1.11. The number of benzene rings is 3. The Hall–Kier alpha value is -4.12. The van der Waals surface area contributed by atoms with E-state index in [1.165, 1.54) is 5.56 Å². The molecule has 0 radical (unpaired) electrons. The molecule has 1 aliphatic rings. The molecule has 0 bridgehead atoms. The summed E-state index contributed by atoms with van der Waals surface area (Å²) in [5, 5.41) is 14.1. The number of carbonyl (C=O) groups is 1. The van der Waals surface area contributed by atoms with Crippen molar-refractivity contribution in [2.75, 3.05) is 0 Å². The predicted molar refractivity (Wildman–Crippen MR) is 133 cm³/mol. The first-order valence-electron chi connectivity index (χ1n) is 12.0. The zero-order valence-electron chi connectivity index (χ0n) is 19.4. The van der Waals surface area contributed by atoms with Gasteiger partial charge in [-0.25, -0.2) is 4.79 Å². The number of nitrogens with zero attached hydrogens (tertiary/aromatic N) is 1. The van der Waals surface area contributed by atoms with Crippen molar-refractivity contribution in [2.45, 2.75) is 38.0 Å². The molecule has 1 N–H and O–H groups in total. The van der Waals surface area contributed by atoms with Gasteiger partial charge in [-0.05, 0) is 60.1 Å². The Balaban J connectivity index is 1.39. The zero-order chi connectivity index (χ0) is 24.0. The van der Waals surface area contributed by atoms with Crippen molar-refractivity contribution in [1.29, 1.82) is 0 Å². The van der Waals surface area contributed by atoms with Crippen LogP contribution in [-0.4, -0.2) is 16.2 Å². The minimum Gasteiger partial charge on any atom is -0.475 e. The summed E-state index contributed by atoms with van der Waals surface area (Å²) in [6, 6.07) is 28.1. The normalized spacial score (nSPS) is 13.5. The van der Waals surface area contributed by atoms with Gasteiger partial charge in [0.15, 0.2) is 0 Å². The van der Waals surface area contributed by atoms with Crippen molar-refractivity contribution < 1.29 is 19.2 Å². The van der Waals surface area contributed by atoms with E-state index in [4.69, 9.17) is 9.26 Å². The van der Waals surface area contributed by atoms with Crippen LogP contribution in [0.3, 0.4) is 0 Å². The van der Waals surface area contributed by atoms with Gasteiger partial charge in [0.2, 0.25) is 5.76 Å². The van der Waals surface area contributed by atoms with E-state index < -0.39 is 5.97 Å². The molecule has 5 nitrogen and oxygen atoms in total. The lowest BCUT2D eigenvalue weighted by molar-refractivity contribution is -0.135. The molecule has 1 heterocycles. The number of carboxylic acids is 1. The Kier molecular flexibility index (Phi) is 6.75. The van der Waals surface area contributed by atoms with E-state index >= 15 is 0 Å². The minimum absolute atomic E-state index is 0.0788. The van der Waals surface area contributed by atoms with Gasteiger partial charge in [-0.15, -0.1) is 0 Å². The first-order valence-corrected chi connectivity index (χ1v) is 12.0. The highest BCUT2D eigenvalue weighted by Gasteiger charge is 2.21. The molecule has 0 amide bonds. The molecule has 0 unspecified atom stereocenters. The Morgan fingerprint density at radius 1 is 0.943 bits per heavy atom. The van der Waals surface area contributed by atoms with Crippen LogP contribution in [0, 0.1) is 0 Å². The smallest absolute Gasteiger partial charge is 0.371 e. The van der Waals surface area contributed by atoms with Crippen LogP contribution in [0.1, 0.15) is 52.5 Å². The lowest BCUT2D eigenvalue weighted by Crippen LogP contribution is -2.11. The fourth-order valence-electron chi connectivity index (χ4n) is 4.71. The van der Waals surface area contributed by atoms with Crippen molar-refractivity contribution in [1.82, 2.24) is 5.16 Å². The van der Waals surface area contributed by atoms with Gasteiger partial charge in [0.25, 0.3) is 0 Å². The predicted octanol–water partition coefficient (Wildman–Crippen LogP) is 6.32. The number of hydrogen-bond donors (Lipinski definition) is 1. The van der Waals surface area contributed by atoms with Crippen LogP contribution < -0.4 is 4.74 Å². The molecule has 0 aliphatic heterocycles. The fourth-order valence-corrected chi connectivity index (χ4v) is 4.71. The van der Waals surface area contributed by atoms with Gasteiger partial charge in [-0.2, -0.15) is 0 Å². The van der Waals surface area contributed by atoms with Gasteiger partial charge in [0.1, 0.15) is 11.5 Å². The largest absolute Gasteiger partial charge is 0.475 e. The molecular formula is C30H27NO4. The van der Waals surface area contributed by atoms with E-state index in [0.717, 1.165) is 48.1 Å². The number of aliphatic carboxylic acids is 1. The van der Waals surface area contributed by atoms with Crippen LogP contribution >= 0.6 is 0 Å². The first kappa shape index (κ1) is 22.7. The summed E-state index contributed by atoms with van der Waals surface area (Å²) in [5.41, 5.74) is 5.35. The molecule has 0 saturated heterocycles. The fraction of sp³-hybridized carbons (Fsp3) is 0.200. The molecule has 0 spiro atoms. The molecule has 4 aromatic rings. The number of rotatable bonds is 8. The first-order chi connectivity index (χ1) is 17.2. The number of aromatic nitrogens is 1. The van der Waals surface area contributed by atoms with Crippen LogP contribution in [0.25, 0.3) is 0 Å². The molecule has 5 heteroatoms. The third-order valence-electron chi connectivity index (χ3n) is 6.41. The van der Waals surface area contributed by atoms with Crippen LogP contribution in [0.4, 0.5) is 0 Å². The van der Waals surface area contributed by atoms with E-state index in [9.17, 15) is 9.90 Å². The zero-order valence-corrected chi connectivity index (χ0v) is 19.4. The number of ether oxygens (including phenoxy) is 1. The number of carboxylic acid groups (broad SMARTS) is 1. The second-order valence-electron chi connectivity index (χ2n) is 8.75. The molecule has 0 atom stereocenters. The Bertz CT molecular complexity index is 1290. The highest BCUT2D eigenvalue weighted by molar-refractivity contribution is 5.85. The quantitative estimate of drug-likeness (QED) is 0.243. The maximum Gasteiger partial charge on any atom is 0.371 e. The second kappa shape index (κ2) is 10.4. The highest BCUT2D eigenvalue weighted by atomic mass is 16.5. The summed E-state index contributed by atoms with van der Waals surface area (Å²) >= 11 is 0. The maximum atomic E-state index is 11.9. The molecular weight excluding hydrogens is 438 g/mol. The van der Waals surface area contributed by atoms with E-state index in [1.54, 1.807) is 6.08 Å². The van der Waals surface area contributed by atoms with Crippen molar-refractivity contribution in [3.05, 3.63) is 130 Å². The van der Waals surface area contributed by atoms with Gasteiger partial charge < -0.3 is 14.4 Å². The SMILES string of the molecule is O=C(O)C(=CCc1cc(C(c2ccccc2)c2ccccc2)no1)Oc1cccc2c1CCCC2. The second-order valence-corrected chi connectivity index (χ2v) is 8.75. The van der Waals surface area contributed by atoms with Crippen LogP contribution in [0.2, 0.25) is 0 Å². The number of allylic oxidation sites excluding steroid dienone is 1. The van der Waals surface area contributed by atoms with Gasteiger partial charge >= 0.3 is 5.97 Å². The molecule has 35 heavy (non-hydrogen) atoms. The van der Waals surface area contributed by atoms with E-state index in [-0.39, 0.29) is 18.1 Å². The van der Waals surface area contributed by atoms with Crippen LogP contribution in [0.5, 0.6) is 5.75 Å². The van der Waals surface area contributed by atoms with Gasteiger partial charge in [0.05, 0.1) is 11.6 Å². The summed E-state index contributed by atoms with van der Waals surface area (Å²) < 4.78 is 11.5. The highest BCUT2D eigenvalue weighted by Crippen LogP contribution is 2.32. The van der Waals surface area contributed by atoms with Crippen LogP contribution in [0.15, 0.2) is 101 Å². The topological polar surface area (TPSA) is 72.6 Å². The summed E-state index contributed by atoms with van der Waals surface area (Å²) in [6.07, 6.45) is 5.96. The van der Waals surface area contributed by atoms with E-state index in [0.29, 0.717) is 11.5 Å². The summed E-state index contributed by atoms with van der Waals surface area (Å²) in [5.74, 6) is -0.0873. The van der Waals surface area contributed by atoms with E-state index in [2.05, 4.69) is 35.5 Å². The van der Waals surface area contributed by atoms with Crippen molar-refractivity contribution in [2.24, 2.45) is 0 Å². The average molecular weight is 466 g/mol. The summed E-state index contributed by atoms with van der Waals surface area (Å²) in [4.78, 5) is 11.9. The molecule has 5 rings (SSSR count). The lowest BCUT2D eigenvalue weighted by atomic mass is 9.88. The van der Waals surface area contributed by atoms with Crippen molar-refractivity contribution in [3.63, 3.8) is 0 Å². The number of aryl methyl sites for hydroxylation is 1. The molecule has 1 aliphatic carbocycles. The van der Waals surface area contributed by atoms with Crippen molar-refractivity contribution in [3.8, 4) is 5.75 Å². The molecule has 0 saturated carbocycles. The molecule has 0 fully saturated rings. The molecule has 1 aromatic heterocycles. The summed E-state index contributed by atoms with van der Waals surface area (Å²) in [7, 11) is 0. The van der Waals surface area contributed by atoms with Gasteiger partial charge in [0, 0.05) is 12.5 Å². The van der Waals surface area contributed by atoms with Gasteiger partial charge in [-0.1, -0.05) is 78.0 Å². The number of hydrogen-bond acceptors (Lipinski definition) is 4. The standard InChI is InChI=1S/C30H27NO4/c32-30(33)28(34-27-17-9-15-21-10-7-8-16-25(21)27)19-18-24-20-26(31-35-24)29(22-11-3-1-4-12-22)23-13-5-2-6-14-23/h1-6,9,11-15,17,19-20,29H,7-8,10,16,18H2,(H,32,33). The Labute approximate surface area is 204 Å². The van der Waals surface area contributed by atoms with Crippen LogP contribution in [-0.2, 0) is 24.1 Å². The average Bonchev–Trinajstić information content (AvgIpc) is 3.36. The number of fused-ring (bicyclic) bond motifs is 1. The third-order valence-corrected chi connectivity index (χ3v) is 6.41. The Morgan fingerprint density at radius 3 is 2.31 bits per heavy atom. The molecule has 3 aromatic carbocycles. The third kappa shape index (κ3) is 5.19. The molecule has 176 valence electrons.